The number of furan rings is 1. The molecule has 0 atom stereocenters. The molecule has 2 heterocycles. The first-order valence-corrected chi connectivity index (χ1v) is 12.2. The molecule has 32 heavy (non-hydrogen) atoms. The number of ether oxygens (including phenoxy) is 1. The molecule has 0 bridgehead atoms. The molecular weight excluding hydrogens is 448 g/mol. The molecule has 6 nitrogen and oxygen atoms in total. The molecule has 0 unspecified atom stereocenters. The number of hydrogen-bond acceptors (Lipinski definition) is 5. The number of carbonyl (C=O) groups excluding carboxylic acids is 2. The fourth-order valence-corrected chi connectivity index (χ4v) is 4.75. The Labute approximate surface area is 196 Å². The second-order valence-corrected chi connectivity index (χ2v) is 10.3. The van der Waals surface area contributed by atoms with Crippen molar-refractivity contribution in [2.24, 2.45) is 0 Å². The molecule has 0 N–H and O–H groups in total. The van der Waals surface area contributed by atoms with Crippen molar-refractivity contribution in [3.05, 3.63) is 47.0 Å². The van der Waals surface area contributed by atoms with Crippen LogP contribution in [0.3, 0.4) is 0 Å². The summed E-state index contributed by atoms with van der Waals surface area (Å²) in [6.07, 6.45) is -0.317. The van der Waals surface area contributed by atoms with Gasteiger partial charge in [-0.25, -0.2) is 4.79 Å². The molecule has 8 heteroatoms. The highest BCUT2D eigenvalue weighted by molar-refractivity contribution is 7.99. The number of fused-ring (bicyclic) bond motifs is 3. The third kappa shape index (κ3) is 5.33. The summed E-state index contributed by atoms with van der Waals surface area (Å²) in [6.45, 7) is 7.62. The number of thioether (sulfide) groups is 1. The van der Waals surface area contributed by atoms with Crippen molar-refractivity contribution >= 4 is 57.3 Å². The maximum atomic E-state index is 12.6. The fraction of sp³-hybridized carbons (Fsp3) is 0.417. The van der Waals surface area contributed by atoms with Crippen LogP contribution >= 0.6 is 23.4 Å². The monoisotopic (exact) mass is 474 g/mol. The van der Waals surface area contributed by atoms with Crippen molar-refractivity contribution in [1.29, 1.82) is 0 Å². The van der Waals surface area contributed by atoms with Gasteiger partial charge in [0.2, 0.25) is 5.91 Å². The minimum absolute atomic E-state index is 0.0976. The molecule has 1 aliphatic rings. The molecule has 1 aliphatic heterocycles. The highest BCUT2D eigenvalue weighted by Crippen LogP contribution is 2.32. The zero-order chi connectivity index (χ0) is 22.9. The lowest BCUT2D eigenvalue weighted by molar-refractivity contribution is -0.130. The molecule has 0 aliphatic carbocycles. The van der Waals surface area contributed by atoms with E-state index in [9.17, 15) is 9.59 Å². The van der Waals surface area contributed by atoms with E-state index in [4.69, 9.17) is 20.8 Å². The SMILES string of the molecule is CC(C)(C)OC(=O)N1CCN(C(=O)CSCc2ccc3oc4ccc(Cl)cc4c3c2)CC1. The number of nitrogens with zero attached hydrogens (tertiary/aromatic N) is 2. The lowest BCUT2D eigenvalue weighted by Gasteiger charge is -2.35. The van der Waals surface area contributed by atoms with E-state index in [1.54, 1.807) is 16.7 Å². The van der Waals surface area contributed by atoms with E-state index in [2.05, 4.69) is 6.07 Å². The quantitative estimate of drug-likeness (QED) is 0.496. The van der Waals surface area contributed by atoms with Crippen LogP contribution in [0.15, 0.2) is 40.8 Å². The first-order valence-electron chi connectivity index (χ1n) is 10.6. The second-order valence-electron chi connectivity index (χ2n) is 8.91. The molecule has 3 aromatic rings. The Morgan fingerprint density at radius 3 is 2.31 bits per heavy atom. The minimum Gasteiger partial charge on any atom is -0.456 e. The number of amides is 2. The minimum atomic E-state index is -0.515. The molecule has 0 spiro atoms. The van der Waals surface area contributed by atoms with E-state index >= 15 is 0 Å². The van der Waals surface area contributed by atoms with Gasteiger partial charge in [0.15, 0.2) is 0 Å². The van der Waals surface area contributed by atoms with Crippen molar-refractivity contribution in [3.8, 4) is 0 Å². The van der Waals surface area contributed by atoms with Gasteiger partial charge in [-0.15, -0.1) is 11.8 Å². The molecular formula is C24H27ClN2O4S. The zero-order valence-corrected chi connectivity index (χ0v) is 20.1. The molecule has 2 aromatic carbocycles. The Morgan fingerprint density at radius 1 is 1.00 bits per heavy atom. The summed E-state index contributed by atoms with van der Waals surface area (Å²) in [7, 11) is 0. The first-order chi connectivity index (χ1) is 15.2. The van der Waals surface area contributed by atoms with E-state index < -0.39 is 5.60 Å². The summed E-state index contributed by atoms with van der Waals surface area (Å²) in [5.41, 5.74) is 2.26. The van der Waals surface area contributed by atoms with Crippen LogP contribution in [0.1, 0.15) is 26.3 Å². The summed E-state index contributed by atoms with van der Waals surface area (Å²) in [5, 5.41) is 2.71. The largest absolute Gasteiger partial charge is 0.456 e. The van der Waals surface area contributed by atoms with Crippen molar-refractivity contribution in [1.82, 2.24) is 9.80 Å². The van der Waals surface area contributed by atoms with Gasteiger partial charge in [0.25, 0.3) is 0 Å². The number of piperazine rings is 1. The zero-order valence-electron chi connectivity index (χ0n) is 18.5. The van der Waals surface area contributed by atoms with Gasteiger partial charge < -0.3 is 19.0 Å². The lowest BCUT2D eigenvalue weighted by Crippen LogP contribution is -2.52. The predicted octanol–water partition coefficient (Wildman–Crippen LogP) is 5.55. The fourth-order valence-electron chi connectivity index (χ4n) is 3.70. The van der Waals surface area contributed by atoms with Gasteiger partial charge in [-0.3, -0.25) is 4.79 Å². The van der Waals surface area contributed by atoms with Crippen LogP contribution in [0.2, 0.25) is 5.02 Å². The van der Waals surface area contributed by atoms with Crippen LogP contribution < -0.4 is 0 Å². The van der Waals surface area contributed by atoms with Crippen LogP contribution in [0.5, 0.6) is 0 Å². The average molecular weight is 475 g/mol. The van der Waals surface area contributed by atoms with Gasteiger partial charge in [-0.1, -0.05) is 17.7 Å². The average Bonchev–Trinajstić information content (AvgIpc) is 3.10. The summed E-state index contributed by atoms with van der Waals surface area (Å²) in [4.78, 5) is 28.3. The lowest BCUT2D eigenvalue weighted by atomic mass is 10.1. The van der Waals surface area contributed by atoms with Gasteiger partial charge >= 0.3 is 6.09 Å². The van der Waals surface area contributed by atoms with Crippen molar-refractivity contribution < 1.29 is 18.7 Å². The molecule has 170 valence electrons. The summed E-state index contributed by atoms with van der Waals surface area (Å²) >= 11 is 7.74. The van der Waals surface area contributed by atoms with Crippen LogP contribution in [0.4, 0.5) is 4.79 Å². The molecule has 0 saturated carbocycles. The van der Waals surface area contributed by atoms with Crippen LogP contribution in [-0.2, 0) is 15.3 Å². The number of rotatable bonds is 4. The highest BCUT2D eigenvalue weighted by Gasteiger charge is 2.27. The van der Waals surface area contributed by atoms with E-state index in [1.807, 2.05) is 56.0 Å². The number of benzene rings is 2. The second kappa shape index (κ2) is 9.24. The maximum Gasteiger partial charge on any atom is 0.410 e. The van der Waals surface area contributed by atoms with Gasteiger partial charge in [0.05, 0.1) is 5.75 Å². The number of halogens is 1. The maximum absolute atomic E-state index is 12.6. The summed E-state index contributed by atoms with van der Waals surface area (Å²) < 4.78 is 11.3. The van der Waals surface area contributed by atoms with Crippen molar-refractivity contribution in [2.45, 2.75) is 32.1 Å². The molecule has 2 amide bonds. The van der Waals surface area contributed by atoms with Gasteiger partial charge in [0.1, 0.15) is 16.8 Å². The Balaban J connectivity index is 1.29. The number of hydrogen-bond donors (Lipinski definition) is 0. The smallest absolute Gasteiger partial charge is 0.410 e. The Hall–Kier alpha value is -2.38. The number of carbonyl (C=O) groups is 2. The summed E-state index contributed by atoms with van der Waals surface area (Å²) in [5.74, 6) is 1.23. The third-order valence-corrected chi connectivity index (χ3v) is 6.50. The Kier molecular flexibility index (Phi) is 6.58. The van der Waals surface area contributed by atoms with Gasteiger partial charge in [-0.05, 0) is 56.7 Å². The summed E-state index contributed by atoms with van der Waals surface area (Å²) in [6, 6.07) is 11.7. The Morgan fingerprint density at radius 2 is 1.62 bits per heavy atom. The van der Waals surface area contributed by atoms with Crippen LogP contribution in [0.25, 0.3) is 21.9 Å². The van der Waals surface area contributed by atoms with E-state index in [0.29, 0.717) is 37.0 Å². The van der Waals surface area contributed by atoms with E-state index in [1.165, 1.54) is 0 Å². The van der Waals surface area contributed by atoms with Crippen molar-refractivity contribution in [3.63, 3.8) is 0 Å². The molecule has 0 radical (unpaired) electrons. The molecule has 1 fully saturated rings. The van der Waals surface area contributed by atoms with E-state index in [0.717, 1.165) is 33.3 Å². The Bertz CT molecular complexity index is 1150. The van der Waals surface area contributed by atoms with Crippen LogP contribution in [-0.4, -0.2) is 59.3 Å². The van der Waals surface area contributed by atoms with Gasteiger partial charge in [0, 0.05) is 47.7 Å². The molecule has 1 aromatic heterocycles. The standard InChI is InChI=1S/C24H27ClN2O4S/c1-24(2,3)31-23(29)27-10-8-26(9-11-27)22(28)15-32-14-16-4-6-20-18(12-16)19-13-17(25)5-7-21(19)30-20/h4-7,12-13H,8-11,14-15H2,1-3H3. The predicted molar refractivity (Wildman–Crippen MR) is 129 cm³/mol. The van der Waals surface area contributed by atoms with Crippen LogP contribution in [0, 0.1) is 0 Å². The van der Waals surface area contributed by atoms with E-state index in [-0.39, 0.29) is 12.0 Å². The molecule has 1 saturated heterocycles. The topological polar surface area (TPSA) is 63.0 Å². The first kappa shape index (κ1) is 22.8. The highest BCUT2D eigenvalue weighted by atomic mass is 35.5. The van der Waals surface area contributed by atoms with Crippen molar-refractivity contribution in [2.75, 3.05) is 31.9 Å². The van der Waals surface area contributed by atoms with Gasteiger partial charge in [-0.2, -0.15) is 0 Å². The molecule has 4 rings (SSSR count). The normalized spacial score (nSPS) is 14.9. The third-order valence-electron chi connectivity index (χ3n) is 5.27.